The number of carbonyl (C=O) groups excluding carboxylic acids is 2. The van der Waals surface area contributed by atoms with Crippen LogP contribution in [0.15, 0.2) is 42.5 Å². The van der Waals surface area contributed by atoms with E-state index in [4.69, 9.17) is 0 Å². The van der Waals surface area contributed by atoms with E-state index in [1.54, 1.807) is 0 Å². The molecule has 0 aliphatic rings. The standard InChI is InChI=1S/C16H15NO5/c1-10(18)22-15-13(19)7-12(8-14(15)20)16(21)17-9-11-5-3-2-4-6-11/h2-8,19-20H,9H2,1H3,(H,17,21). The molecule has 0 aliphatic carbocycles. The van der Waals surface area contributed by atoms with E-state index in [1.165, 1.54) is 0 Å². The summed E-state index contributed by atoms with van der Waals surface area (Å²) in [5.41, 5.74) is 0.975. The van der Waals surface area contributed by atoms with Crippen molar-refractivity contribution in [3.63, 3.8) is 0 Å². The molecule has 2 aromatic rings. The molecule has 0 bridgehead atoms. The van der Waals surface area contributed by atoms with Gasteiger partial charge in [-0.2, -0.15) is 0 Å². The topological polar surface area (TPSA) is 95.9 Å². The van der Waals surface area contributed by atoms with Crippen molar-refractivity contribution in [3.8, 4) is 17.2 Å². The van der Waals surface area contributed by atoms with Crippen LogP contribution in [0.5, 0.6) is 17.2 Å². The van der Waals surface area contributed by atoms with Crippen LogP contribution in [0.1, 0.15) is 22.8 Å². The van der Waals surface area contributed by atoms with Crippen LogP contribution < -0.4 is 10.1 Å². The highest BCUT2D eigenvalue weighted by molar-refractivity contribution is 5.95. The number of amides is 1. The van der Waals surface area contributed by atoms with E-state index < -0.39 is 23.4 Å². The monoisotopic (exact) mass is 301 g/mol. The van der Waals surface area contributed by atoms with Crippen LogP contribution in [0, 0.1) is 0 Å². The molecule has 3 N–H and O–H groups in total. The third kappa shape index (κ3) is 3.76. The molecule has 114 valence electrons. The maximum Gasteiger partial charge on any atom is 0.308 e. The van der Waals surface area contributed by atoms with E-state index in [0.717, 1.165) is 24.6 Å². The maximum atomic E-state index is 12.0. The number of nitrogens with one attached hydrogen (secondary N) is 1. The Labute approximate surface area is 127 Å². The van der Waals surface area contributed by atoms with Gasteiger partial charge in [-0.25, -0.2) is 0 Å². The molecule has 6 heteroatoms. The van der Waals surface area contributed by atoms with Crippen molar-refractivity contribution in [2.75, 3.05) is 0 Å². The second-order valence-electron chi connectivity index (χ2n) is 4.61. The molecule has 2 rings (SSSR count). The highest BCUT2D eigenvalue weighted by Gasteiger charge is 2.16. The largest absolute Gasteiger partial charge is 0.504 e. The molecule has 0 heterocycles. The lowest BCUT2D eigenvalue weighted by Gasteiger charge is -2.10. The van der Waals surface area contributed by atoms with Gasteiger partial charge in [-0.3, -0.25) is 9.59 Å². The molecule has 1 amide bonds. The second kappa shape index (κ2) is 6.62. The zero-order valence-electron chi connectivity index (χ0n) is 11.9. The normalized spacial score (nSPS) is 10.0. The number of hydrogen-bond acceptors (Lipinski definition) is 5. The van der Waals surface area contributed by atoms with Gasteiger partial charge in [-0.15, -0.1) is 0 Å². The summed E-state index contributed by atoms with van der Waals surface area (Å²) < 4.78 is 4.67. The van der Waals surface area contributed by atoms with Crippen LogP contribution in [-0.2, 0) is 11.3 Å². The zero-order valence-corrected chi connectivity index (χ0v) is 11.9. The van der Waals surface area contributed by atoms with Gasteiger partial charge in [0, 0.05) is 19.0 Å². The number of rotatable bonds is 4. The van der Waals surface area contributed by atoms with Gasteiger partial charge < -0.3 is 20.3 Å². The maximum absolute atomic E-state index is 12.0. The predicted octanol–water partition coefficient (Wildman–Crippen LogP) is 1.95. The molecule has 0 aliphatic heterocycles. The Bertz CT molecular complexity index is 674. The molecule has 0 atom stereocenters. The van der Waals surface area contributed by atoms with Crippen LogP contribution >= 0.6 is 0 Å². The first kappa shape index (κ1) is 15.4. The molecule has 22 heavy (non-hydrogen) atoms. The lowest BCUT2D eigenvalue weighted by molar-refractivity contribution is -0.132. The van der Waals surface area contributed by atoms with Crippen molar-refractivity contribution in [3.05, 3.63) is 53.6 Å². The van der Waals surface area contributed by atoms with E-state index in [-0.39, 0.29) is 11.3 Å². The van der Waals surface area contributed by atoms with Crippen molar-refractivity contribution >= 4 is 11.9 Å². The quantitative estimate of drug-likeness (QED) is 0.592. The van der Waals surface area contributed by atoms with Crippen molar-refractivity contribution in [1.82, 2.24) is 5.32 Å². The molecule has 0 fully saturated rings. The average molecular weight is 301 g/mol. The van der Waals surface area contributed by atoms with Crippen LogP contribution in [0.3, 0.4) is 0 Å². The Morgan fingerprint density at radius 2 is 1.68 bits per heavy atom. The number of phenols is 2. The van der Waals surface area contributed by atoms with E-state index >= 15 is 0 Å². The fraction of sp³-hybridized carbons (Fsp3) is 0.125. The molecule has 0 unspecified atom stereocenters. The van der Waals surface area contributed by atoms with Gasteiger partial charge in [0.25, 0.3) is 5.91 Å². The summed E-state index contributed by atoms with van der Waals surface area (Å²) in [5, 5.41) is 22.1. The molecule has 6 nitrogen and oxygen atoms in total. The summed E-state index contributed by atoms with van der Waals surface area (Å²) in [6.45, 7) is 1.45. The molecular formula is C16H15NO5. The number of phenolic OH excluding ortho intramolecular Hbond substituents is 2. The third-order valence-corrected chi connectivity index (χ3v) is 2.85. The van der Waals surface area contributed by atoms with Gasteiger partial charge in [0.2, 0.25) is 5.75 Å². The number of ether oxygens (including phenoxy) is 1. The number of esters is 1. The van der Waals surface area contributed by atoms with Crippen molar-refractivity contribution in [2.24, 2.45) is 0 Å². The highest BCUT2D eigenvalue weighted by Crippen LogP contribution is 2.37. The summed E-state index contributed by atoms with van der Waals surface area (Å²) in [6.07, 6.45) is 0. The van der Waals surface area contributed by atoms with Crippen molar-refractivity contribution in [2.45, 2.75) is 13.5 Å². The number of aromatic hydroxyl groups is 2. The van der Waals surface area contributed by atoms with E-state index in [1.807, 2.05) is 30.3 Å². The first-order valence-electron chi connectivity index (χ1n) is 6.54. The molecule has 0 aromatic heterocycles. The minimum Gasteiger partial charge on any atom is -0.504 e. The predicted molar refractivity (Wildman–Crippen MR) is 78.7 cm³/mol. The minimum atomic E-state index is -0.688. The Kier molecular flexibility index (Phi) is 4.63. The van der Waals surface area contributed by atoms with Gasteiger partial charge in [0.1, 0.15) is 0 Å². The fourth-order valence-corrected chi connectivity index (χ4v) is 1.86. The number of carbonyl (C=O) groups is 2. The Hall–Kier alpha value is -3.02. The summed E-state index contributed by atoms with van der Waals surface area (Å²) in [7, 11) is 0. The molecule has 2 aromatic carbocycles. The van der Waals surface area contributed by atoms with E-state index in [9.17, 15) is 19.8 Å². The van der Waals surface area contributed by atoms with Crippen LogP contribution in [-0.4, -0.2) is 22.1 Å². The highest BCUT2D eigenvalue weighted by atomic mass is 16.5. The average Bonchev–Trinajstić information content (AvgIpc) is 2.49. The summed E-state index contributed by atoms with van der Waals surface area (Å²) in [4.78, 5) is 22.9. The van der Waals surface area contributed by atoms with Crippen LogP contribution in [0.2, 0.25) is 0 Å². The van der Waals surface area contributed by atoms with E-state index in [0.29, 0.717) is 6.54 Å². The lowest BCUT2D eigenvalue weighted by Crippen LogP contribution is -2.22. The Morgan fingerprint density at radius 3 is 2.23 bits per heavy atom. The summed E-state index contributed by atoms with van der Waals surface area (Å²) in [6, 6.07) is 11.5. The van der Waals surface area contributed by atoms with Crippen LogP contribution in [0.4, 0.5) is 0 Å². The SMILES string of the molecule is CC(=O)Oc1c(O)cc(C(=O)NCc2ccccc2)cc1O. The minimum absolute atomic E-state index is 0.0573. The third-order valence-electron chi connectivity index (χ3n) is 2.85. The van der Waals surface area contributed by atoms with Gasteiger partial charge in [0.05, 0.1) is 0 Å². The Morgan fingerprint density at radius 1 is 1.09 bits per heavy atom. The lowest BCUT2D eigenvalue weighted by atomic mass is 10.1. The van der Waals surface area contributed by atoms with E-state index in [2.05, 4.69) is 10.1 Å². The van der Waals surface area contributed by atoms with Gasteiger partial charge in [-0.1, -0.05) is 30.3 Å². The second-order valence-corrected chi connectivity index (χ2v) is 4.61. The van der Waals surface area contributed by atoms with Crippen LogP contribution in [0.25, 0.3) is 0 Å². The number of hydrogen-bond donors (Lipinski definition) is 3. The first-order valence-corrected chi connectivity index (χ1v) is 6.54. The zero-order chi connectivity index (χ0) is 16.1. The van der Waals surface area contributed by atoms with Gasteiger partial charge in [-0.05, 0) is 17.7 Å². The summed E-state index contributed by atoms with van der Waals surface area (Å²) >= 11 is 0. The smallest absolute Gasteiger partial charge is 0.308 e. The molecule has 0 radical (unpaired) electrons. The van der Waals surface area contributed by atoms with Gasteiger partial charge in [0.15, 0.2) is 11.5 Å². The van der Waals surface area contributed by atoms with Crippen molar-refractivity contribution < 1.29 is 24.5 Å². The fourth-order valence-electron chi connectivity index (χ4n) is 1.86. The summed E-state index contributed by atoms with van der Waals surface area (Å²) in [5.74, 6) is -2.50. The first-order chi connectivity index (χ1) is 10.5. The van der Waals surface area contributed by atoms with Crippen molar-refractivity contribution in [1.29, 1.82) is 0 Å². The molecule has 0 saturated heterocycles. The molecule has 0 spiro atoms. The molecule has 0 saturated carbocycles. The number of benzene rings is 2. The molecular weight excluding hydrogens is 286 g/mol. The van der Waals surface area contributed by atoms with Gasteiger partial charge >= 0.3 is 5.97 Å². The Balaban J connectivity index is 2.12.